The van der Waals surface area contributed by atoms with Gasteiger partial charge in [-0.1, -0.05) is 13.0 Å². The van der Waals surface area contributed by atoms with Crippen molar-refractivity contribution < 1.29 is 21.6 Å². The Kier molecular flexibility index (Phi) is 5.77. The lowest BCUT2D eigenvalue weighted by molar-refractivity contribution is -0.135. The molecule has 0 bridgehead atoms. The summed E-state index contributed by atoms with van der Waals surface area (Å²) in [6, 6.07) is 4.35. The van der Waals surface area contributed by atoms with Gasteiger partial charge in [0, 0.05) is 13.1 Å². The molecule has 21 heavy (non-hydrogen) atoms. The molecule has 0 amide bonds. The second-order valence-corrected chi connectivity index (χ2v) is 6.60. The maximum Gasteiger partial charge on any atom is 0.402 e. The van der Waals surface area contributed by atoms with E-state index in [0.29, 0.717) is 10.8 Å². The molecule has 0 aliphatic heterocycles. The highest BCUT2D eigenvalue weighted by atomic mass is 32.2. The van der Waals surface area contributed by atoms with Crippen molar-refractivity contribution in [2.45, 2.75) is 31.5 Å². The van der Waals surface area contributed by atoms with Crippen molar-refractivity contribution in [1.29, 1.82) is 0 Å². The fourth-order valence-corrected chi connectivity index (χ4v) is 3.39. The average Bonchev–Trinajstić information content (AvgIpc) is 2.37. The maximum atomic E-state index is 12.5. The molecule has 0 atom stereocenters. The van der Waals surface area contributed by atoms with Gasteiger partial charge in [-0.25, -0.2) is 8.42 Å². The predicted octanol–water partition coefficient (Wildman–Crippen LogP) is 2.29. The van der Waals surface area contributed by atoms with Crippen molar-refractivity contribution in [3.05, 3.63) is 29.3 Å². The zero-order valence-corrected chi connectivity index (χ0v) is 13.0. The van der Waals surface area contributed by atoms with Crippen molar-refractivity contribution >= 4 is 10.0 Å². The van der Waals surface area contributed by atoms with Crippen LogP contribution in [0.5, 0.6) is 0 Å². The lowest BCUT2D eigenvalue weighted by Gasteiger charge is -2.22. The standard InChI is InChI=1S/C13H19F3N2O2S/c1-4-18(9-13(14,15)16)21(19,20)12-6-5-10(2)11(7-12)8-17-3/h5-7,17H,4,8-9H2,1-3H3. The Hall–Kier alpha value is -1.12. The van der Waals surface area contributed by atoms with Crippen molar-refractivity contribution in [3.63, 3.8) is 0 Å². The van der Waals surface area contributed by atoms with Gasteiger partial charge in [0.1, 0.15) is 6.54 Å². The summed E-state index contributed by atoms with van der Waals surface area (Å²) in [5, 5.41) is 2.90. The summed E-state index contributed by atoms with van der Waals surface area (Å²) < 4.78 is 62.5. The van der Waals surface area contributed by atoms with E-state index in [1.54, 1.807) is 13.1 Å². The number of benzene rings is 1. The molecule has 0 saturated heterocycles. The molecule has 0 radical (unpaired) electrons. The molecule has 1 aromatic carbocycles. The lowest BCUT2D eigenvalue weighted by Crippen LogP contribution is -2.38. The summed E-state index contributed by atoms with van der Waals surface area (Å²) >= 11 is 0. The molecule has 0 saturated carbocycles. The summed E-state index contributed by atoms with van der Waals surface area (Å²) in [5.41, 5.74) is 1.61. The largest absolute Gasteiger partial charge is 0.402 e. The van der Waals surface area contributed by atoms with Gasteiger partial charge in [0.05, 0.1) is 4.90 Å². The fourth-order valence-electron chi connectivity index (χ4n) is 1.90. The zero-order valence-electron chi connectivity index (χ0n) is 12.2. The third-order valence-corrected chi connectivity index (χ3v) is 4.95. The molecule has 0 fully saturated rings. The van der Waals surface area contributed by atoms with E-state index in [9.17, 15) is 21.6 Å². The molecule has 1 N–H and O–H groups in total. The van der Waals surface area contributed by atoms with Crippen LogP contribution in [0.4, 0.5) is 13.2 Å². The van der Waals surface area contributed by atoms with Crippen molar-refractivity contribution in [2.75, 3.05) is 20.1 Å². The maximum absolute atomic E-state index is 12.5. The van der Waals surface area contributed by atoms with Gasteiger partial charge in [-0.2, -0.15) is 17.5 Å². The summed E-state index contributed by atoms with van der Waals surface area (Å²) in [6.45, 7) is 1.92. The molecule has 0 aromatic heterocycles. The average molecular weight is 324 g/mol. The molecular weight excluding hydrogens is 305 g/mol. The molecule has 0 heterocycles. The van der Waals surface area contributed by atoms with Crippen LogP contribution in [0, 0.1) is 6.92 Å². The number of aryl methyl sites for hydroxylation is 1. The van der Waals surface area contributed by atoms with Gasteiger partial charge in [-0.05, 0) is 37.2 Å². The Labute approximate surface area is 123 Å². The second-order valence-electron chi connectivity index (χ2n) is 4.67. The third kappa shape index (κ3) is 4.69. The van der Waals surface area contributed by atoms with Gasteiger partial charge in [-0.3, -0.25) is 0 Å². The molecule has 4 nitrogen and oxygen atoms in total. The van der Waals surface area contributed by atoms with Crippen LogP contribution in [0.25, 0.3) is 0 Å². The van der Waals surface area contributed by atoms with Crippen LogP contribution in [0.3, 0.4) is 0 Å². The van der Waals surface area contributed by atoms with Gasteiger partial charge in [0.15, 0.2) is 0 Å². The Morgan fingerprint density at radius 3 is 2.38 bits per heavy atom. The van der Waals surface area contributed by atoms with Crippen LogP contribution in [0.1, 0.15) is 18.1 Å². The molecular formula is C13H19F3N2O2S. The van der Waals surface area contributed by atoms with E-state index in [2.05, 4.69) is 5.32 Å². The number of sulfonamides is 1. The molecule has 1 rings (SSSR count). The highest BCUT2D eigenvalue weighted by Crippen LogP contribution is 2.24. The normalized spacial score (nSPS) is 12.9. The van der Waals surface area contributed by atoms with Crippen molar-refractivity contribution in [3.8, 4) is 0 Å². The minimum absolute atomic E-state index is 0.121. The molecule has 120 valence electrons. The Morgan fingerprint density at radius 1 is 1.29 bits per heavy atom. The van der Waals surface area contributed by atoms with Crippen molar-refractivity contribution in [1.82, 2.24) is 9.62 Å². The Bertz CT molecular complexity index is 586. The Balaban J connectivity index is 3.19. The van der Waals surface area contributed by atoms with Crippen LogP contribution in [0.15, 0.2) is 23.1 Å². The number of hydrogen-bond donors (Lipinski definition) is 1. The molecule has 0 aliphatic rings. The lowest BCUT2D eigenvalue weighted by atomic mass is 10.1. The highest BCUT2D eigenvalue weighted by Gasteiger charge is 2.36. The number of halogens is 3. The first-order valence-corrected chi connectivity index (χ1v) is 7.87. The minimum atomic E-state index is -4.57. The number of rotatable bonds is 6. The molecule has 8 heteroatoms. The summed E-state index contributed by atoms with van der Waals surface area (Å²) in [4.78, 5) is -0.121. The highest BCUT2D eigenvalue weighted by molar-refractivity contribution is 7.89. The first-order chi connectivity index (χ1) is 9.61. The quantitative estimate of drug-likeness (QED) is 0.873. The summed E-state index contributed by atoms with van der Waals surface area (Å²) in [6.07, 6.45) is -4.57. The summed E-state index contributed by atoms with van der Waals surface area (Å²) in [5.74, 6) is 0. The summed E-state index contributed by atoms with van der Waals surface area (Å²) in [7, 11) is -2.45. The number of alkyl halides is 3. The SMILES string of the molecule is CCN(CC(F)(F)F)S(=O)(=O)c1ccc(C)c(CNC)c1. The van der Waals surface area contributed by atoms with Gasteiger partial charge in [0.2, 0.25) is 10.0 Å². The van der Waals surface area contributed by atoms with E-state index in [1.807, 2.05) is 6.92 Å². The second kappa shape index (κ2) is 6.76. The van der Waals surface area contributed by atoms with Gasteiger partial charge >= 0.3 is 6.18 Å². The van der Waals surface area contributed by atoms with Crippen LogP contribution in [0.2, 0.25) is 0 Å². The van der Waals surface area contributed by atoms with E-state index in [1.165, 1.54) is 19.1 Å². The molecule has 0 unspecified atom stereocenters. The van der Waals surface area contributed by atoms with Gasteiger partial charge in [-0.15, -0.1) is 0 Å². The number of hydrogen-bond acceptors (Lipinski definition) is 3. The molecule has 1 aromatic rings. The predicted molar refractivity (Wildman–Crippen MR) is 74.4 cm³/mol. The van der Waals surface area contributed by atoms with Crippen LogP contribution in [-0.2, 0) is 16.6 Å². The van der Waals surface area contributed by atoms with E-state index >= 15 is 0 Å². The van der Waals surface area contributed by atoms with E-state index in [-0.39, 0.29) is 11.4 Å². The smallest absolute Gasteiger partial charge is 0.316 e. The van der Waals surface area contributed by atoms with Crippen LogP contribution >= 0.6 is 0 Å². The molecule has 0 aliphatic carbocycles. The fraction of sp³-hybridized carbons (Fsp3) is 0.538. The van der Waals surface area contributed by atoms with E-state index in [0.717, 1.165) is 11.1 Å². The monoisotopic (exact) mass is 324 g/mol. The van der Waals surface area contributed by atoms with Crippen LogP contribution in [-0.4, -0.2) is 39.0 Å². The third-order valence-electron chi connectivity index (χ3n) is 3.03. The first kappa shape index (κ1) is 17.9. The Morgan fingerprint density at radius 2 is 1.90 bits per heavy atom. The minimum Gasteiger partial charge on any atom is -0.316 e. The van der Waals surface area contributed by atoms with Crippen LogP contribution < -0.4 is 5.32 Å². The zero-order chi connectivity index (χ0) is 16.3. The first-order valence-electron chi connectivity index (χ1n) is 6.43. The van der Waals surface area contributed by atoms with Gasteiger partial charge in [0.25, 0.3) is 0 Å². The topological polar surface area (TPSA) is 49.4 Å². The molecule has 0 spiro atoms. The van der Waals surface area contributed by atoms with E-state index < -0.39 is 22.7 Å². The number of nitrogens with zero attached hydrogens (tertiary/aromatic N) is 1. The van der Waals surface area contributed by atoms with Gasteiger partial charge < -0.3 is 5.32 Å². The number of nitrogens with one attached hydrogen (secondary N) is 1. The van der Waals surface area contributed by atoms with E-state index in [4.69, 9.17) is 0 Å². The van der Waals surface area contributed by atoms with Crippen molar-refractivity contribution in [2.24, 2.45) is 0 Å².